The quantitative estimate of drug-likeness (QED) is 0.314. The number of aliphatic hydroxyl groups excluding tert-OH is 1. The summed E-state index contributed by atoms with van der Waals surface area (Å²) in [6, 6.07) is 0. The second-order valence-corrected chi connectivity index (χ2v) is 26.0. The lowest BCUT2D eigenvalue weighted by atomic mass is 9.61. The Hall–Kier alpha value is -0.206. The first kappa shape index (κ1) is 32.3. The van der Waals surface area contributed by atoms with Gasteiger partial charge in [-0.3, -0.25) is 0 Å². The molecule has 0 radical (unpaired) electrons. The SMILES string of the molecule is CC(CO)[C@H]1CC[C@H]2/C(=C/C=C3C[C@@H](O[Si](C)(C)C(C)(C)C)C[C@H](O[Si](C)(C)C(C)(C)C)C3)CCC[C@]12C. The Balaban J connectivity index is 1.86. The van der Waals surface area contributed by atoms with E-state index >= 15 is 0 Å². The van der Waals surface area contributed by atoms with Crippen LogP contribution in [0.25, 0.3) is 0 Å². The van der Waals surface area contributed by atoms with Crippen LogP contribution < -0.4 is 0 Å². The Morgan fingerprint density at radius 1 is 0.921 bits per heavy atom. The van der Waals surface area contributed by atoms with Crippen LogP contribution in [0.15, 0.2) is 23.3 Å². The van der Waals surface area contributed by atoms with E-state index in [1.807, 2.05) is 0 Å². The van der Waals surface area contributed by atoms with Crippen LogP contribution in [0.1, 0.15) is 107 Å². The van der Waals surface area contributed by atoms with Gasteiger partial charge in [0.1, 0.15) is 0 Å². The van der Waals surface area contributed by atoms with Crippen molar-refractivity contribution in [1.29, 1.82) is 0 Å². The third-order valence-corrected chi connectivity index (χ3v) is 20.7. The van der Waals surface area contributed by atoms with Gasteiger partial charge in [-0.1, -0.05) is 78.7 Å². The molecule has 1 unspecified atom stereocenters. The molecule has 0 amide bonds. The molecule has 0 aromatic rings. The molecule has 0 aromatic heterocycles. The molecule has 6 atom stereocenters. The molecule has 3 aliphatic rings. The van der Waals surface area contributed by atoms with Gasteiger partial charge >= 0.3 is 0 Å². The Morgan fingerprint density at radius 3 is 1.92 bits per heavy atom. The molecule has 3 fully saturated rings. The van der Waals surface area contributed by atoms with E-state index in [0.29, 0.717) is 29.8 Å². The minimum atomic E-state index is -1.86. The highest BCUT2D eigenvalue weighted by molar-refractivity contribution is 6.74. The lowest BCUT2D eigenvalue weighted by Gasteiger charge is -2.45. The van der Waals surface area contributed by atoms with Gasteiger partial charge in [0.2, 0.25) is 0 Å². The van der Waals surface area contributed by atoms with E-state index in [9.17, 15) is 5.11 Å². The van der Waals surface area contributed by atoms with Gasteiger partial charge in [-0.2, -0.15) is 0 Å². The second kappa shape index (κ2) is 11.6. The van der Waals surface area contributed by atoms with E-state index in [1.165, 1.54) is 37.7 Å². The highest BCUT2D eigenvalue weighted by Crippen LogP contribution is 2.59. The molecule has 38 heavy (non-hydrogen) atoms. The number of hydrogen-bond donors (Lipinski definition) is 1. The number of fused-ring (bicyclic) bond motifs is 1. The molecule has 0 aliphatic heterocycles. The molecule has 1 N–H and O–H groups in total. The summed E-state index contributed by atoms with van der Waals surface area (Å²) in [6.07, 6.45) is 15.0. The smallest absolute Gasteiger partial charge is 0.192 e. The van der Waals surface area contributed by atoms with E-state index < -0.39 is 16.6 Å². The fraction of sp³-hybridized carbons (Fsp3) is 0.879. The summed E-state index contributed by atoms with van der Waals surface area (Å²) in [6.45, 7) is 28.7. The van der Waals surface area contributed by atoms with Crippen LogP contribution in [0.4, 0.5) is 0 Å². The minimum Gasteiger partial charge on any atom is -0.414 e. The van der Waals surface area contributed by atoms with Crippen LogP contribution in [-0.4, -0.2) is 40.6 Å². The highest BCUT2D eigenvalue weighted by atomic mass is 28.4. The molecule has 0 aromatic carbocycles. The number of aliphatic hydroxyl groups is 1. The van der Waals surface area contributed by atoms with E-state index in [0.717, 1.165) is 19.3 Å². The fourth-order valence-corrected chi connectivity index (χ4v) is 9.93. The Kier molecular flexibility index (Phi) is 9.85. The van der Waals surface area contributed by atoms with E-state index in [4.69, 9.17) is 8.85 Å². The van der Waals surface area contributed by atoms with Crippen molar-refractivity contribution in [3.05, 3.63) is 23.3 Å². The van der Waals surface area contributed by atoms with Crippen molar-refractivity contribution in [2.75, 3.05) is 6.61 Å². The number of rotatable bonds is 7. The summed E-state index contributed by atoms with van der Waals surface area (Å²) in [7, 11) is -3.72. The van der Waals surface area contributed by atoms with Crippen molar-refractivity contribution in [1.82, 2.24) is 0 Å². The topological polar surface area (TPSA) is 38.7 Å². The molecule has 5 heteroatoms. The zero-order valence-electron chi connectivity index (χ0n) is 27.2. The van der Waals surface area contributed by atoms with E-state index in [-0.39, 0.29) is 22.3 Å². The predicted octanol–water partition coefficient (Wildman–Crippen LogP) is 9.65. The van der Waals surface area contributed by atoms with Crippen LogP contribution in [0.2, 0.25) is 36.3 Å². The number of hydrogen-bond acceptors (Lipinski definition) is 3. The predicted molar refractivity (Wildman–Crippen MR) is 169 cm³/mol. The van der Waals surface area contributed by atoms with Gasteiger partial charge in [0, 0.05) is 6.61 Å². The monoisotopic (exact) mass is 562 g/mol. The Labute approximate surface area is 238 Å². The lowest BCUT2D eigenvalue weighted by Crippen LogP contribution is -2.48. The Morgan fingerprint density at radius 2 is 1.45 bits per heavy atom. The maximum Gasteiger partial charge on any atom is 0.192 e. The molecular weight excluding hydrogens is 501 g/mol. The largest absolute Gasteiger partial charge is 0.414 e. The summed E-state index contributed by atoms with van der Waals surface area (Å²) in [5.74, 6) is 1.73. The third kappa shape index (κ3) is 6.98. The number of allylic oxidation sites excluding steroid dienone is 3. The average Bonchev–Trinajstić information content (AvgIpc) is 3.12. The van der Waals surface area contributed by atoms with Gasteiger partial charge < -0.3 is 14.0 Å². The van der Waals surface area contributed by atoms with Crippen molar-refractivity contribution < 1.29 is 14.0 Å². The maximum absolute atomic E-state index is 9.91. The Bertz CT molecular complexity index is 838. The summed E-state index contributed by atoms with van der Waals surface area (Å²) < 4.78 is 14.0. The average molecular weight is 563 g/mol. The molecular formula is C33H62O3Si2. The third-order valence-electron chi connectivity index (χ3n) is 11.6. The van der Waals surface area contributed by atoms with Gasteiger partial charge in [-0.05, 0) is 111 Å². The molecule has 3 saturated carbocycles. The van der Waals surface area contributed by atoms with Crippen LogP contribution >= 0.6 is 0 Å². The van der Waals surface area contributed by atoms with Crippen molar-refractivity contribution in [2.45, 2.75) is 155 Å². The molecule has 0 heterocycles. The standard InChI is InChI=1S/C33H62O3Si2/c1-24(23-34)29-17-18-30-26(14-13-19-33(29,30)8)16-15-25-20-27(35-37(9,10)31(2,3)4)22-28(21-25)36-38(11,12)32(5,6)7/h15-16,24,27-30,34H,13-14,17-23H2,1-12H3/b26-16+/t24?,27-,28-,29-,30+,33-/m1/s1. The van der Waals surface area contributed by atoms with Crippen molar-refractivity contribution in [3.8, 4) is 0 Å². The molecule has 220 valence electrons. The molecule has 3 aliphatic carbocycles. The lowest BCUT2D eigenvalue weighted by molar-refractivity contribution is 0.0688. The summed E-state index contributed by atoms with van der Waals surface area (Å²) in [5, 5.41) is 10.3. The fourth-order valence-electron chi connectivity index (χ4n) is 7.20. The summed E-state index contributed by atoms with van der Waals surface area (Å²) in [5.41, 5.74) is 3.52. The molecule has 0 saturated heterocycles. The van der Waals surface area contributed by atoms with Crippen molar-refractivity contribution in [2.24, 2.45) is 23.2 Å². The normalized spacial score (nSPS) is 33.4. The van der Waals surface area contributed by atoms with Gasteiger partial charge in [0.25, 0.3) is 0 Å². The van der Waals surface area contributed by atoms with Crippen LogP contribution in [0, 0.1) is 23.2 Å². The van der Waals surface area contributed by atoms with E-state index in [2.05, 4.69) is 93.7 Å². The maximum atomic E-state index is 9.91. The molecule has 0 spiro atoms. The zero-order valence-corrected chi connectivity index (χ0v) is 29.2. The second-order valence-electron chi connectivity index (χ2n) is 16.5. The molecule has 3 rings (SSSR count). The van der Waals surface area contributed by atoms with Crippen LogP contribution in [-0.2, 0) is 8.85 Å². The van der Waals surface area contributed by atoms with Crippen LogP contribution in [0.5, 0.6) is 0 Å². The van der Waals surface area contributed by atoms with Crippen LogP contribution in [0.3, 0.4) is 0 Å². The zero-order chi connectivity index (χ0) is 28.7. The molecule has 3 nitrogen and oxygen atoms in total. The van der Waals surface area contributed by atoms with Gasteiger partial charge in [-0.15, -0.1) is 0 Å². The van der Waals surface area contributed by atoms with Crippen molar-refractivity contribution in [3.63, 3.8) is 0 Å². The molecule has 0 bridgehead atoms. The summed E-state index contributed by atoms with van der Waals surface area (Å²) >= 11 is 0. The van der Waals surface area contributed by atoms with Crippen molar-refractivity contribution >= 4 is 16.6 Å². The highest BCUT2D eigenvalue weighted by Gasteiger charge is 2.50. The van der Waals surface area contributed by atoms with Gasteiger partial charge in [0.05, 0.1) is 12.2 Å². The first-order valence-corrected chi connectivity index (χ1v) is 21.5. The minimum absolute atomic E-state index is 0.212. The van der Waals surface area contributed by atoms with Gasteiger partial charge in [-0.25, -0.2) is 0 Å². The van der Waals surface area contributed by atoms with Gasteiger partial charge in [0.15, 0.2) is 16.6 Å². The first-order chi connectivity index (χ1) is 17.3. The summed E-state index contributed by atoms with van der Waals surface area (Å²) in [4.78, 5) is 0. The van der Waals surface area contributed by atoms with E-state index in [1.54, 1.807) is 5.57 Å². The first-order valence-electron chi connectivity index (χ1n) is 15.7.